The first-order chi connectivity index (χ1) is 26.1. The maximum atomic E-state index is 15.0. The van der Waals surface area contributed by atoms with E-state index < -0.39 is 24.4 Å². The van der Waals surface area contributed by atoms with Crippen molar-refractivity contribution in [3.63, 3.8) is 0 Å². The first-order valence-electron chi connectivity index (χ1n) is 23.7. The van der Waals surface area contributed by atoms with E-state index in [1.807, 2.05) is 0 Å². The molecule has 0 aliphatic heterocycles. The van der Waals surface area contributed by atoms with Crippen LogP contribution in [0.4, 0.5) is 8.78 Å². The maximum absolute atomic E-state index is 15.0. The quantitative estimate of drug-likeness (QED) is 0.0459. The molecule has 0 radical (unpaired) electrons. The minimum Gasteiger partial charge on any atom is -0.458 e. The largest absolute Gasteiger partial charge is 0.458 e. The van der Waals surface area contributed by atoms with Gasteiger partial charge in [0.25, 0.3) is 0 Å². The van der Waals surface area contributed by atoms with Gasteiger partial charge in [0.15, 0.2) is 0 Å². The number of amides is 1. The van der Waals surface area contributed by atoms with Gasteiger partial charge in [0, 0.05) is 25.4 Å². The topological polar surface area (TPSA) is 49.9 Å². The zero-order valence-electron chi connectivity index (χ0n) is 37.0. The predicted molar refractivity (Wildman–Crippen MR) is 229 cm³/mol. The van der Waals surface area contributed by atoms with Crippen LogP contribution < -0.4 is 0 Å². The van der Waals surface area contributed by atoms with Gasteiger partial charge in [-0.1, -0.05) is 175 Å². The van der Waals surface area contributed by atoms with E-state index in [1.54, 1.807) is 0 Å². The molecule has 0 aromatic rings. The molecule has 5 nitrogen and oxygen atoms in total. The van der Waals surface area contributed by atoms with Crippen molar-refractivity contribution in [1.29, 1.82) is 0 Å². The first kappa shape index (κ1) is 52.8. The Morgan fingerprint density at radius 3 is 1.35 bits per heavy atom. The van der Waals surface area contributed by atoms with E-state index >= 15 is 8.78 Å². The summed E-state index contributed by atoms with van der Waals surface area (Å²) in [5, 5.41) is 0. The van der Waals surface area contributed by atoms with Crippen molar-refractivity contribution in [2.24, 2.45) is 0 Å². The monoisotopic (exact) mass is 771 g/mol. The maximum Gasteiger partial charge on any atom is 0.377 e. The van der Waals surface area contributed by atoms with Gasteiger partial charge in [0.05, 0.1) is 0 Å². The zero-order chi connectivity index (χ0) is 40.1. The molecule has 0 rings (SSSR count). The Morgan fingerprint density at radius 1 is 0.500 bits per heavy atom. The molecular weight excluding hydrogens is 679 g/mol. The molecule has 7 heteroatoms. The lowest BCUT2D eigenvalue weighted by Crippen LogP contribution is -2.41. The number of hydrogen-bond donors (Lipinski definition) is 0. The van der Waals surface area contributed by atoms with Gasteiger partial charge in [0.1, 0.15) is 6.10 Å². The number of alkyl halides is 2. The van der Waals surface area contributed by atoms with Crippen LogP contribution in [0.5, 0.6) is 0 Å². The van der Waals surface area contributed by atoms with Crippen LogP contribution in [-0.2, 0) is 14.3 Å². The third-order valence-corrected chi connectivity index (χ3v) is 11.3. The summed E-state index contributed by atoms with van der Waals surface area (Å²) in [7, 11) is 4.12. The van der Waals surface area contributed by atoms with Crippen molar-refractivity contribution >= 4 is 11.9 Å². The van der Waals surface area contributed by atoms with Gasteiger partial charge in [-0.25, -0.2) is 4.79 Å². The third kappa shape index (κ3) is 30.9. The summed E-state index contributed by atoms with van der Waals surface area (Å²) >= 11 is 0. The van der Waals surface area contributed by atoms with Crippen LogP contribution >= 0.6 is 0 Å². The summed E-state index contributed by atoms with van der Waals surface area (Å²) in [5.41, 5.74) is 0. The number of nitrogens with zero attached hydrogens (tertiary/aromatic N) is 2. The van der Waals surface area contributed by atoms with E-state index in [2.05, 4.69) is 51.6 Å². The van der Waals surface area contributed by atoms with Crippen LogP contribution in [0, 0.1) is 0 Å². The Labute approximate surface area is 335 Å². The SMILES string of the molecule is CCCCCCCCCCN(C(=O)CCCN(C)C)C(CCCCCCCCC)CCCCCCC(F)(F)C(=O)OC(CCCCCC)CCCCCC. The summed E-state index contributed by atoms with van der Waals surface area (Å²) in [6.45, 7) is 10.6. The summed E-state index contributed by atoms with van der Waals surface area (Å²) in [5.74, 6) is -4.46. The normalized spacial score (nSPS) is 12.6. The van der Waals surface area contributed by atoms with Gasteiger partial charge in [0.2, 0.25) is 5.91 Å². The fourth-order valence-electron chi connectivity index (χ4n) is 7.69. The average molecular weight is 771 g/mol. The lowest BCUT2D eigenvalue weighted by atomic mass is 9.97. The molecule has 0 aromatic heterocycles. The van der Waals surface area contributed by atoms with Gasteiger partial charge >= 0.3 is 11.9 Å². The van der Waals surface area contributed by atoms with E-state index in [1.165, 1.54) is 83.5 Å². The average Bonchev–Trinajstić information content (AvgIpc) is 3.14. The van der Waals surface area contributed by atoms with Gasteiger partial charge in [-0.3, -0.25) is 4.79 Å². The Kier molecular flexibility index (Phi) is 36.5. The molecule has 1 amide bonds. The Bertz CT molecular complexity index is 828. The van der Waals surface area contributed by atoms with Gasteiger partial charge in [-0.15, -0.1) is 0 Å². The second-order valence-electron chi connectivity index (χ2n) is 16.9. The fourth-order valence-corrected chi connectivity index (χ4v) is 7.69. The van der Waals surface area contributed by atoms with Crippen LogP contribution in [0.25, 0.3) is 0 Å². The van der Waals surface area contributed by atoms with E-state index in [0.29, 0.717) is 38.0 Å². The molecule has 0 aliphatic rings. The van der Waals surface area contributed by atoms with E-state index in [0.717, 1.165) is 109 Å². The Balaban J connectivity index is 5.23. The molecule has 0 aromatic carbocycles. The van der Waals surface area contributed by atoms with Gasteiger partial charge in [-0.2, -0.15) is 8.78 Å². The second-order valence-corrected chi connectivity index (χ2v) is 16.9. The van der Waals surface area contributed by atoms with Gasteiger partial charge in [-0.05, 0) is 78.4 Å². The fraction of sp³-hybridized carbons (Fsp3) is 0.957. The highest BCUT2D eigenvalue weighted by molar-refractivity contribution is 5.77. The number of hydrogen-bond acceptors (Lipinski definition) is 4. The molecule has 0 spiro atoms. The number of carbonyl (C=O) groups excluding carboxylic acids is 2. The highest BCUT2D eigenvalue weighted by Crippen LogP contribution is 2.27. The van der Waals surface area contributed by atoms with Crippen molar-refractivity contribution < 1.29 is 23.1 Å². The number of esters is 1. The molecule has 0 fully saturated rings. The Hall–Kier alpha value is -1.24. The summed E-state index contributed by atoms with van der Waals surface area (Å²) in [4.78, 5) is 30.8. The predicted octanol–water partition coefficient (Wildman–Crippen LogP) is 14.6. The van der Waals surface area contributed by atoms with Crippen LogP contribution in [0.3, 0.4) is 0 Å². The van der Waals surface area contributed by atoms with Crippen LogP contribution in [0.1, 0.15) is 246 Å². The van der Waals surface area contributed by atoms with Crippen molar-refractivity contribution in [2.75, 3.05) is 27.2 Å². The molecule has 0 saturated carbocycles. The summed E-state index contributed by atoms with van der Waals surface area (Å²) < 4.78 is 35.6. The third-order valence-electron chi connectivity index (χ3n) is 11.3. The van der Waals surface area contributed by atoms with E-state index in [9.17, 15) is 9.59 Å². The lowest BCUT2D eigenvalue weighted by molar-refractivity contribution is -0.179. The minimum absolute atomic E-state index is 0.222. The van der Waals surface area contributed by atoms with Crippen molar-refractivity contribution in [3.8, 4) is 0 Å². The molecular formula is C47H92F2N2O3. The molecule has 0 heterocycles. The molecule has 0 N–H and O–H groups in total. The number of unbranched alkanes of at least 4 members (excludes halogenated alkanes) is 22. The lowest BCUT2D eigenvalue weighted by Gasteiger charge is -2.33. The molecule has 54 heavy (non-hydrogen) atoms. The molecule has 0 bridgehead atoms. The molecule has 1 unspecified atom stereocenters. The van der Waals surface area contributed by atoms with Crippen molar-refractivity contribution in [1.82, 2.24) is 9.80 Å². The number of rotatable bonds is 41. The highest BCUT2D eigenvalue weighted by Gasteiger charge is 2.41. The van der Waals surface area contributed by atoms with Crippen molar-refractivity contribution in [2.45, 2.75) is 264 Å². The summed E-state index contributed by atoms with van der Waals surface area (Å²) in [6, 6.07) is 0.222. The zero-order valence-corrected chi connectivity index (χ0v) is 37.0. The second kappa shape index (κ2) is 37.3. The standard InChI is InChI=1S/C47H92F2N2O3/c1-7-11-15-19-21-23-27-33-42-51(45(52)39-34-41-50(5)6)43(35-28-24-22-20-16-12-8-2)36-29-25-26-32-40-47(48,49)46(53)54-44(37-30-17-13-9-3)38-31-18-14-10-4/h43-44H,7-42H2,1-6H3. The minimum atomic E-state index is -3.43. The van der Waals surface area contributed by atoms with E-state index in [-0.39, 0.29) is 6.04 Å². The number of ether oxygens (including phenoxy) is 1. The Morgan fingerprint density at radius 2 is 0.889 bits per heavy atom. The molecule has 0 aliphatic carbocycles. The molecule has 1 atom stereocenters. The summed E-state index contributed by atoms with van der Waals surface area (Å²) in [6.07, 6.45) is 33.9. The van der Waals surface area contributed by atoms with Gasteiger partial charge < -0.3 is 14.5 Å². The van der Waals surface area contributed by atoms with E-state index in [4.69, 9.17) is 4.74 Å². The van der Waals surface area contributed by atoms with Crippen LogP contribution in [0.15, 0.2) is 0 Å². The number of halogens is 2. The van der Waals surface area contributed by atoms with Crippen LogP contribution in [-0.4, -0.2) is 66.9 Å². The molecule has 0 saturated heterocycles. The molecule has 322 valence electrons. The highest BCUT2D eigenvalue weighted by atomic mass is 19.3. The number of carbonyl (C=O) groups is 2. The first-order valence-corrected chi connectivity index (χ1v) is 23.7. The smallest absolute Gasteiger partial charge is 0.377 e. The van der Waals surface area contributed by atoms with Crippen molar-refractivity contribution in [3.05, 3.63) is 0 Å². The van der Waals surface area contributed by atoms with Crippen LogP contribution in [0.2, 0.25) is 0 Å².